The van der Waals surface area contributed by atoms with Crippen molar-refractivity contribution >= 4 is 17.3 Å². The van der Waals surface area contributed by atoms with Crippen molar-refractivity contribution in [3.8, 4) is 17.6 Å². The van der Waals surface area contributed by atoms with E-state index in [-0.39, 0.29) is 36.2 Å². The number of benzene rings is 2. The van der Waals surface area contributed by atoms with Crippen molar-refractivity contribution < 1.29 is 19.0 Å². The van der Waals surface area contributed by atoms with Gasteiger partial charge in [-0.1, -0.05) is 12.1 Å². The minimum absolute atomic E-state index is 0.131. The van der Waals surface area contributed by atoms with Gasteiger partial charge in [-0.3, -0.25) is 9.36 Å². The van der Waals surface area contributed by atoms with Gasteiger partial charge in [0.15, 0.2) is 0 Å². The fourth-order valence-corrected chi connectivity index (χ4v) is 3.85. The fraction of sp³-hybridized carbons (Fsp3) is 0.231. The van der Waals surface area contributed by atoms with Crippen molar-refractivity contribution in [1.82, 2.24) is 19.1 Å². The molecule has 37 heavy (non-hydrogen) atoms. The lowest BCUT2D eigenvalue weighted by Crippen LogP contribution is -2.26. The third-order valence-corrected chi connectivity index (χ3v) is 5.80. The molecule has 0 bridgehead atoms. The quantitative estimate of drug-likeness (QED) is 0.359. The van der Waals surface area contributed by atoms with Gasteiger partial charge in [0.1, 0.15) is 5.82 Å². The van der Waals surface area contributed by atoms with E-state index >= 15 is 0 Å². The van der Waals surface area contributed by atoms with Crippen LogP contribution in [0.15, 0.2) is 65.7 Å². The predicted octanol–water partition coefficient (Wildman–Crippen LogP) is 2.77. The first-order chi connectivity index (χ1) is 17.8. The van der Waals surface area contributed by atoms with E-state index in [1.54, 1.807) is 0 Å². The molecular formula is C26H27FN6O4. The molecular weight excluding hydrogens is 479 g/mol. The summed E-state index contributed by atoms with van der Waals surface area (Å²) in [6.07, 6.45) is 2.97. The standard InChI is InChI=1S/C26H27FN6O4/c1-31(2)20-8-4-17(5-9-20)12-13-32-22(14-23(34)30-19-15-28-25(37-3)29-16-19)24(35)33(26(32)36)21-10-6-18(27)7-11-21/h4-11,15-16,35H,12-14H2,1-3H3,(H,30,34). The number of aryl methyl sites for hydroxylation is 1. The van der Waals surface area contributed by atoms with Crippen molar-refractivity contribution in [2.45, 2.75) is 19.4 Å². The van der Waals surface area contributed by atoms with E-state index in [0.29, 0.717) is 12.1 Å². The van der Waals surface area contributed by atoms with Crippen LogP contribution in [0.1, 0.15) is 11.3 Å². The van der Waals surface area contributed by atoms with Gasteiger partial charge < -0.3 is 20.1 Å². The van der Waals surface area contributed by atoms with Gasteiger partial charge in [0.2, 0.25) is 11.8 Å². The third-order valence-electron chi connectivity index (χ3n) is 5.80. The molecule has 0 fully saturated rings. The zero-order valence-corrected chi connectivity index (χ0v) is 20.7. The second-order valence-corrected chi connectivity index (χ2v) is 8.51. The highest BCUT2D eigenvalue weighted by Crippen LogP contribution is 2.23. The first-order valence-electron chi connectivity index (χ1n) is 11.5. The van der Waals surface area contributed by atoms with E-state index in [2.05, 4.69) is 15.3 Å². The van der Waals surface area contributed by atoms with Crippen LogP contribution >= 0.6 is 0 Å². The largest absolute Gasteiger partial charge is 0.493 e. The summed E-state index contributed by atoms with van der Waals surface area (Å²) in [5.41, 5.74) is 2.23. The molecule has 0 radical (unpaired) electrons. The summed E-state index contributed by atoms with van der Waals surface area (Å²) in [6.45, 7) is 0.218. The molecule has 0 atom stereocenters. The summed E-state index contributed by atoms with van der Waals surface area (Å²) in [4.78, 5) is 36.1. The van der Waals surface area contributed by atoms with Crippen molar-refractivity contribution in [1.29, 1.82) is 0 Å². The number of nitrogens with one attached hydrogen (secondary N) is 1. The van der Waals surface area contributed by atoms with E-state index in [4.69, 9.17) is 4.74 Å². The smallest absolute Gasteiger partial charge is 0.335 e. The highest BCUT2D eigenvalue weighted by atomic mass is 19.1. The summed E-state index contributed by atoms with van der Waals surface area (Å²) in [7, 11) is 5.33. The molecule has 0 unspecified atom stereocenters. The van der Waals surface area contributed by atoms with Gasteiger partial charge in [0, 0.05) is 26.3 Å². The molecule has 0 aliphatic heterocycles. The Labute approximate surface area is 212 Å². The molecule has 2 N–H and O–H groups in total. The van der Waals surface area contributed by atoms with E-state index in [9.17, 15) is 19.1 Å². The zero-order valence-electron chi connectivity index (χ0n) is 20.7. The lowest BCUT2D eigenvalue weighted by molar-refractivity contribution is -0.115. The summed E-state index contributed by atoms with van der Waals surface area (Å²) >= 11 is 0. The molecule has 4 rings (SSSR count). The third kappa shape index (κ3) is 5.77. The molecule has 0 spiro atoms. The summed E-state index contributed by atoms with van der Waals surface area (Å²) in [6, 6.07) is 13.2. The Hall–Kier alpha value is -4.67. The molecule has 0 aliphatic rings. The second kappa shape index (κ2) is 10.9. The van der Waals surface area contributed by atoms with Crippen LogP contribution in [0.5, 0.6) is 11.9 Å². The molecule has 4 aromatic rings. The monoisotopic (exact) mass is 506 g/mol. The predicted molar refractivity (Wildman–Crippen MR) is 137 cm³/mol. The van der Waals surface area contributed by atoms with Gasteiger partial charge in [0.05, 0.1) is 43.0 Å². The number of hydrogen-bond donors (Lipinski definition) is 2. The number of aromatic hydroxyl groups is 1. The number of methoxy groups -OCH3 is 1. The number of rotatable bonds is 9. The lowest BCUT2D eigenvalue weighted by atomic mass is 10.1. The van der Waals surface area contributed by atoms with Gasteiger partial charge in [-0.05, 0) is 48.4 Å². The van der Waals surface area contributed by atoms with Crippen LogP contribution in [0.3, 0.4) is 0 Å². The van der Waals surface area contributed by atoms with Crippen molar-refractivity contribution in [2.75, 3.05) is 31.4 Å². The number of ether oxygens (including phenoxy) is 1. The summed E-state index contributed by atoms with van der Waals surface area (Å²) < 4.78 is 20.8. The molecule has 2 heterocycles. The molecule has 2 aromatic carbocycles. The highest BCUT2D eigenvalue weighted by molar-refractivity contribution is 5.92. The molecule has 11 heteroatoms. The Kier molecular flexibility index (Phi) is 7.52. The maximum atomic E-state index is 13.5. The van der Waals surface area contributed by atoms with Crippen LogP contribution in [0.4, 0.5) is 15.8 Å². The SMILES string of the molecule is COc1ncc(NC(=O)Cc2c(O)n(-c3ccc(F)cc3)c(=O)n2CCc2ccc(N(C)C)cc2)cn1. The highest BCUT2D eigenvalue weighted by Gasteiger charge is 2.23. The second-order valence-electron chi connectivity index (χ2n) is 8.51. The number of carbonyl (C=O) groups excluding carboxylic acids is 1. The zero-order chi connectivity index (χ0) is 26.5. The van der Waals surface area contributed by atoms with Crippen LogP contribution in [-0.4, -0.2) is 51.3 Å². The van der Waals surface area contributed by atoms with Crippen LogP contribution < -0.4 is 20.6 Å². The number of carbonyl (C=O) groups is 1. The number of amides is 1. The Bertz CT molecular complexity index is 1430. The van der Waals surface area contributed by atoms with Gasteiger partial charge in [-0.15, -0.1) is 0 Å². The van der Waals surface area contributed by atoms with Gasteiger partial charge in [-0.25, -0.2) is 23.7 Å². The van der Waals surface area contributed by atoms with Crippen molar-refractivity contribution in [2.24, 2.45) is 0 Å². The topological polar surface area (TPSA) is 115 Å². The van der Waals surface area contributed by atoms with Gasteiger partial charge in [0.25, 0.3) is 0 Å². The number of nitrogens with zero attached hydrogens (tertiary/aromatic N) is 5. The minimum atomic E-state index is -0.537. The fourth-order valence-electron chi connectivity index (χ4n) is 3.85. The van der Waals surface area contributed by atoms with Gasteiger partial charge in [-0.2, -0.15) is 0 Å². The lowest BCUT2D eigenvalue weighted by Gasteiger charge is -2.13. The number of halogens is 1. The molecule has 0 saturated carbocycles. The average molecular weight is 507 g/mol. The van der Waals surface area contributed by atoms with Crippen LogP contribution in [0.2, 0.25) is 0 Å². The average Bonchev–Trinajstić information content (AvgIpc) is 3.12. The molecule has 1 amide bonds. The van der Waals surface area contributed by atoms with E-state index in [1.165, 1.54) is 48.3 Å². The van der Waals surface area contributed by atoms with Crippen molar-refractivity contribution in [3.05, 3.63) is 88.5 Å². The maximum Gasteiger partial charge on any atom is 0.335 e. The summed E-state index contributed by atoms with van der Waals surface area (Å²) in [5, 5.41) is 13.7. The van der Waals surface area contributed by atoms with E-state index in [0.717, 1.165) is 15.8 Å². The van der Waals surface area contributed by atoms with Gasteiger partial charge >= 0.3 is 11.7 Å². The van der Waals surface area contributed by atoms with E-state index < -0.39 is 17.4 Å². The Morgan fingerprint density at radius 2 is 1.73 bits per heavy atom. The van der Waals surface area contributed by atoms with Crippen molar-refractivity contribution in [3.63, 3.8) is 0 Å². The molecule has 0 aliphatic carbocycles. The van der Waals surface area contributed by atoms with Crippen LogP contribution in [0, 0.1) is 5.82 Å². The number of aromatic nitrogens is 4. The van der Waals surface area contributed by atoms with Crippen LogP contribution in [0.25, 0.3) is 5.69 Å². The first kappa shape index (κ1) is 25.4. The molecule has 2 aromatic heterocycles. The normalized spacial score (nSPS) is 10.8. The Balaban J connectivity index is 1.63. The van der Waals surface area contributed by atoms with Crippen LogP contribution in [-0.2, 0) is 24.2 Å². The molecule has 0 saturated heterocycles. The molecule has 10 nitrogen and oxygen atoms in total. The number of hydrogen-bond acceptors (Lipinski definition) is 7. The Morgan fingerprint density at radius 3 is 2.32 bits per heavy atom. The number of anilines is 2. The first-order valence-corrected chi connectivity index (χ1v) is 11.5. The number of imidazole rings is 1. The molecule has 192 valence electrons. The Morgan fingerprint density at radius 1 is 1.08 bits per heavy atom. The minimum Gasteiger partial charge on any atom is -0.493 e. The summed E-state index contributed by atoms with van der Waals surface area (Å²) in [5.74, 6) is -1.34. The maximum absolute atomic E-state index is 13.5. The van der Waals surface area contributed by atoms with E-state index in [1.807, 2.05) is 43.3 Å².